The summed E-state index contributed by atoms with van der Waals surface area (Å²) in [5, 5.41) is 2.44. The van der Waals surface area contributed by atoms with Crippen LogP contribution in [0.3, 0.4) is 0 Å². The monoisotopic (exact) mass is 409 g/mol. The van der Waals surface area contributed by atoms with Gasteiger partial charge in [-0.2, -0.15) is 0 Å². The summed E-state index contributed by atoms with van der Waals surface area (Å²) in [6, 6.07) is 11.0. The maximum absolute atomic E-state index is 12.4. The third-order valence-electron chi connectivity index (χ3n) is 3.92. The van der Waals surface area contributed by atoms with Gasteiger partial charge in [0.15, 0.2) is 0 Å². The Labute approximate surface area is 156 Å². The highest BCUT2D eigenvalue weighted by atomic mass is 32.2. The summed E-state index contributed by atoms with van der Waals surface area (Å²) in [5.74, 6) is -1.50. The average molecular weight is 409 g/mol. The Morgan fingerprint density at radius 1 is 1.07 bits per heavy atom. The standard InChI is InChI=1S/C16H15N3O6S2/c1-17-26(22,23)12-8-6-11(7-9-12)18-15(20)10-19-16(21)13-4-2-3-5-14(13)27(19,24)25/h2-9,17H,10H2,1H3,(H,18,20). The summed E-state index contributed by atoms with van der Waals surface area (Å²) in [5.41, 5.74) is 0.281. The molecule has 0 atom stereocenters. The van der Waals surface area contributed by atoms with Gasteiger partial charge in [-0.05, 0) is 43.4 Å². The number of amides is 2. The number of sulfonamides is 2. The van der Waals surface area contributed by atoms with Gasteiger partial charge in [-0.25, -0.2) is 25.9 Å². The first-order valence-electron chi connectivity index (χ1n) is 7.66. The Morgan fingerprint density at radius 2 is 1.70 bits per heavy atom. The number of rotatable bonds is 5. The van der Waals surface area contributed by atoms with Crippen LogP contribution in [0.25, 0.3) is 0 Å². The van der Waals surface area contributed by atoms with Crippen LogP contribution in [-0.2, 0) is 24.8 Å². The van der Waals surface area contributed by atoms with Gasteiger partial charge >= 0.3 is 0 Å². The lowest BCUT2D eigenvalue weighted by Crippen LogP contribution is -2.37. The third-order valence-corrected chi connectivity index (χ3v) is 7.13. The Balaban J connectivity index is 1.75. The van der Waals surface area contributed by atoms with E-state index in [0.29, 0.717) is 4.31 Å². The van der Waals surface area contributed by atoms with E-state index in [1.165, 1.54) is 55.6 Å². The predicted octanol–water partition coefficient (Wildman–Crippen LogP) is 0.378. The van der Waals surface area contributed by atoms with Crippen molar-refractivity contribution in [2.24, 2.45) is 0 Å². The summed E-state index contributed by atoms with van der Waals surface area (Å²) in [7, 11) is -6.41. The molecule has 9 nitrogen and oxygen atoms in total. The Hall–Kier alpha value is -2.76. The van der Waals surface area contributed by atoms with Crippen LogP contribution in [-0.4, -0.2) is 46.5 Å². The summed E-state index contributed by atoms with van der Waals surface area (Å²) >= 11 is 0. The minimum Gasteiger partial charge on any atom is -0.325 e. The van der Waals surface area contributed by atoms with E-state index in [2.05, 4.69) is 10.0 Å². The average Bonchev–Trinajstić information content (AvgIpc) is 2.83. The number of hydrogen-bond acceptors (Lipinski definition) is 6. The second-order valence-corrected chi connectivity index (χ2v) is 9.31. The van der Waals surface area contributed by atoms with Crippen molar-refractivity contribution in [2.75, 3.05) is 18.9 Å². The highest BCUT2D eigenvalue weighted by molar-refractivity contribution is 7.90. The maximum atomic E-state index is 12.4. The van der Waals surface area contributed by atoms with Crippen LogP contribution in [0.4, 0.5) is 5.69 Å². The van der Waals surface area contributed by atoms with E-state index in [1.807, 2.05) is 0 Å². The molecule has 2 aromatic carbocycles. The molecule has 0 saturated heterocycles. The molecule has 0 bridgehead atoms. The summed E-state index contributed by atoms with van der Waals surface area (Å²) in [4.78, 5) is 24.3. The first kappa shape index (κ1) is 19.0. The number of carbonyl (C=O) groups excluding carboxylic acids is 2. The number of anilines is 1. The number of nitrogens with zero attached hydrogens (tertiary/aromatic N) is 1. The molecule has 1 aliphatic heterocycles. The minimum absolute atomic E-state index is 0.00995. The van der Waals surface area contributed by atoms with Crippen molar-refractivity contribution in [1.29, 1.82) is 0 Å². The van der Waals surface area contributed by atoms with E-state index in [9.17, 15) is 26.4 Å². The molecule has 0 radical (unpaired) electrons. The zero-order chi connectivity index (χ0) is 19.8. The van der Waals surface area contributed by atoms with E-state index in [1.54, 1.807) is 0 Å². The second kappa shape index (κ2) is 6.76. The highest BCUT2D eigenvalue weighted by Gasteiger charge is 2.41. The third kappa shape index (κ3) is 3.44. The van der Waals surface area contributed by atoms with E-state index in [-0.39, 0.29) is 21.0 Å². The molecule has 142 valence electrons. The quantitative estimate of drug-likeness (QED) is 0.734. The van der Waals surface area contributed by atoms with Gasteiger partial charge in [0.1, 0.15) is 11.4 Å². The van der Waals surface area contributed by atoms with Crippen molar-refractivity contribution in [1.82, 2.24) is 9.03 Å². The van der Waals surface area contributed by atoms with Gasteiger partial charge in [0, 0.05) is 5.69 Å². The van der Waals surface area contributed by atoms with Gasteiger partial charge < -0.3 is 5.32 Å². The molecular weight excluding hydrogens is 394 g/mol. The summed E-state index contributed by atoms with van der Waals surface area (Å²) < 4.78 is 50.9. The fourth-order valence-electron chi connectivity index (χ4n) is 2.55. The lowest BCUT2D eigenvalue weighted by atomic mass is 10.2. The van der Waals surface area contributed by atoms with Crippen LogP contribution in [0, 0.1) is 0 Å². The highest BCUT2D eigenvalue weighted by Crippen LogP contribution is 2.29. The van der Waals surface area contributed by atoms with Crippen molar-refractivity contribution in [3.8, 4) is 0 Å². The van der Waals surface area contributed by atoms with Gasteiger partial charge in [0.25, 0.3) is 15.9 Å². The van der Waals surface area contributed by atoms with Crippen LogP contribution in [0.1, 0.15) is 10.4 Å². The van der Waals surface area contributed by atoms with Crippen LogP contribution in [0.5, 0.6) is 0 Å². The van der Waals surface area contributed by atoms with Crippen LogP contribution in [0.15, 0.2) is 58.3 Å². The minimum atomic E-state index is -4.08. The Kier molecular flexibility index (Phi) is 4.76. The lowest BCUT2D eigenvalue weighted by molar-refractivity contribution is -0.116. The van der Waals surface area contributed by atoms with Gasteiger partial charge in [-0.1, -0.05) is 12.1 Å². The molecule has 0 aromatic heterocycles. The van der Waals surface area contributed by atoms with Crippen molar-refractivity contribution >= 4 is 37.5 Å². The predicted molar refractivity (Wildman–Crippen MR) is 96.0 cm³/mol. The van der Waals surface area contributed by atoms with E-state index >= 15 is 0 Å². The number of hydrogen-bond donors (Lipinski definition) is 2. The molecule has 27 heavy (non-hydrogen) atoms. The molecule has 2 amide bonds. The number of benzene rings is 2. The molecule has 2 aromatic rings. The smallest absolute Gasteiger partial charge is 0.269 e. The molecule has 0 spiro atoms. The van der Waals surface area contributed by atoms with Gasteiger partial charge in [-0.3, -0.25) is 9.59 Å². The Bertz CT molecular complexity index is 1130. The number of fused-ring (bicyclic) bond motifs is 1. The topological polar surface area (TPSA) is 130 Å². The maximum Gasteiger partial charge on any atom is 0.269 e. The first-order chi connectivity index (χ1) is 12.7. The Morgan fingerprint density at radius 3 is 2.30 bits per heavy atom. The van der Waals surface area contributed by atoms with E-state index < -0.39 is 38.4 Å². The molecule has 3 rings (SSSR count). The van der Waals surface area contributed by atoms with Crippen LogP contribution in [0.2, 0.25) is 0 Å². The second-order valence-electron chi connectivity index (χ2n) is 5.59. The molecule has 0 unspecified atom stereocenters. The van der Waals surface area contributed by atoms with Crippen molar-refractivity contribution in [3.63, 3.8) is 0 Å². The fraction of sp³-hybridized carbons (Fsp3) is 0.125. The van der Waals surface area contributed by atoms with Crippen molar-refractivity contribution in [3.05, 3.63) is 54.1 Å². The summed E-state index contributed by atoms with van der Waals surface area (Å²) in [6.45, 7) is -0.688. The molecule has 0 fully saturated rings. The normalized spacial score (nSPS) is 15.4. The SMILES string of the molecule is CNS(=O)(=O)c1ccc(NC(=O)CN2C(=O)c3ccccc3S2(=O)=O)cc1. The first-order valence-corrected chi connectivity index (χ1v) is 10.6. The zero-order valence-electron chi connectivity index (χ0n) is 14.0. The molecule has 11 heteroatoms. The fourth-order valence-corrected chi connectivity index (χ4v) is 4.81. The van der Waals surface area contributed by atoms with Crippen molar-refractivity contribution in [2.45, 2.75) is 9.79 Å². The van der Waals surface area contributed by atoms with Crippen molar-refractivity contribution < 1.29 is 26.4 Å². The van der Waals surface area contributed by atoms with Gasteiger partial charge in [0.2, 0.25) is 15.9 Å². The van der Waals surface area contributed by atoms with E-state index in [4.69, 9.17) is 0 Å². The largest absolute Gasteiger partial charge is 0.325 e. The lowest BCUT2D eigenvalue weighted by Gasteiger charge is -2.15. The van der Waals surface area contributed by atoms with Gasteiger partial charge in [0.05, 0.1) is 10.5 Å². The molecule has 1 aliphatic rings. The molecular formula is C16H15N3O6S2. The molecule has 0 aliphatic carbocycles. The molecule has 2 N–H and O–H groups in total. The van der Waals surface area contributed by atoms with Gasteiger partial charge in [-0.15, -0.1) is 0 Å². The zero-order valence-corrected chi connectivity index (χ0v) is 15.7. The van der Waals surface area contributed by atoms with Crippen LogP contribution >= 0.6 is 0 Å². The molecule has 1 heterocycles. The summed E-state index contributed by atoms with van der Waals surface area (Å²) in [6.07, 6.45) is 0. The van der Waals surface area contributed by atoms with Crippen LogP contribution < -0.4 is 10.0 Å². The number of carbonyl (C=O) groups is 2. The van der Waals surface area contributed by atoms with E-state index in [0.717, 1.165) is 0 Å². The number of nitrogens with one attached hydrogen (secondary N) is 2. The molecule has 0 saturated carbocycles.